The van der Waals surface area contributed by atoms with Gasteiger partial charge in [0.25, 0.3) is 0 Å². The molecule has 3 aromatic rings. The van der Waals surface area contributed by atoms with E-state index in [1.54, 1.807) is 24.3 Å². The summed E-state index contributed by atoms with van der Waals surface area (Å²) in [6.45, 7) is 0. The van der Waals surface area contributed by atoms with Gasteiger partial charge in [0.1, 0.15) is 5.56 Å². The van der Waals surface area contributed by atoms with Crippen LogP contribution in [0.25, 0.3) is 22.3 Å². The fourth-order valence-electron chi connectivity index (χ4n) is 1.98. The molecule has 4 nitrogen and oxygen atoms in total. The number of hydrogen-bond acceptors (Lipinski definition) is 3. The second kappa shape index (κ2) is 4.17. The zero-order chi connectivity index (χ0) is 13.4. The lowest BCUT2D eigenvalue weighted by atomic mass is 10.1. The molecule has 0 spiro atoms. The van der Waals surface area contributed by atoms with Crippen molar-refractivity contribution in [2.45, 2.75) is 0 Å². The molecule has 0 amide bonds. The summed E-state index contributed by atoms with van der Waals surface area (Å²) < 4.78 is 5.59. The summed E-state index contributed by atoms with van der Waals surface area (Å²) >= 11 is 0. The third-order valence-corrected chi connectivity index (χ3v) is 2.92. The number of phenolic OH excluding ortho intramolecular Hbond substituents is 2. The third kappa shape index (κ3) is 1.83. The molecule has 94 valence electrons. The van der Waals surface area contributed by atoms with Crippen LogP contribution in [0.5, 0.6) is 17.2 Å². The van der Waals surface area contributed by atoms with E-state index in [0.717, 1.165) is 5.39 Å². The Morgan fingerprint density at radius 2 is 1.58 bits per heavy atom. The number of para-hydroxylation sites is 2. The van der Waals surface area contributed by atoms with Gasteiger partial charge in [-0.1, -0.05) is 18.2 Å². The van der Waals surface area contributed by atoms with Crippen LogP contribution in [0.3, 0.4) is 0 Å². The third-order valence-electron chi connectivity index (χ3n) is 2.92. The highest BCUT2D eigenvalue weighted by Gasteiger charge is 2.25. The molecule has 3 N–H and O–H groups in total. The zero-order valence-electron chi connectivity index (χ0n) is 9.87. The Kier molecular flexibility index (Phi) is 2.49. The first-order valence-electron chi connectivity index (χ1n) is 5.73. The smallest absolute Gasteiger partial charge is 0.405 e. The molecule has 0 aliphatic carbocycles. The van der Waals surface area contributed by atoms with Gasteiger partial charge >= 0.3 is 11.3 Å². The van der Waals surface area contributed by atoms with Gasteiger partial charge < -0.3 is 15.3 Å². The van der Waals surface area contributed by atoms with Gasteiger partial charge in [-0.05, 0) is 18.2 Å². The first-order valence-corrected chi connectivity index (χ1v) is 5.73. The largest absolute Gasteiger partial charge is 0.504 e. The number of benzene rings is 2. The Morgan fingerprint density at radius 3 is 2.42 bits per heavy atom. The van der Waals surface area contributed by atoms with Crippen LogP contribution in [0, 0.1) is 0 Å². The molecule has 1 aromatic heterocycles. The molecule has 0 saturated carbocycles. The van der Waals surface area contributed by atoms with Gasteiger partial charge in [-0.25, -0.2) is 4.42 Å². The van der Waals surface area contributed by atoms with Crippen LogP contribution < -0.4 is 0 Å². The number of aromatic hydroxyl groups is 3. The molecular formula is C15H11O4+. The topological polar surface area (TPSA) is 72.0 Å². The minimum absolute atomic E-state index is 0.0976. The number of phenols is 2. The monoisotopic (exact) mass is 255 g/mol. The Morgan fingerprint density at radius 1 is 0.789 bits per heavy atom. The van der Waals surface area contributed by atoms with E-state index in [1.807, 2.05) is 18.2 Å². The van der Waals surface area contributed by atoms with Gasteiger partial charge in [0.05, 0.1) is 5.39 Å². The lowest BCUT2D eigenvalue weighted by Crippen LogP contribution is -1.82. The molecule has 0 radical (unpaired) electrons. The number of rotatable bonds is 1. The zero-order valence-corrected chi connectivity index (χ0v) is 9.87. The standard InChI is InChI=1S/C15H10O4/c16-11-6-3-5-10(14(11)18)15-12(17)8-9-4-1-2-7-13(9)19-15/h1-8H,(H2-,16,17,18)/p+1. The molecule has 0 saturated heterocycles. The Labute approximate surface area is 108 Å². The van der Waals surface area contributed by atoms with Crippen LogP contribution >= 0.6 is 0 Å². The highest BCUT2D eigenvalue weighted by Crippen LogP contribution is 2.41. The van der Waals surface area contributed by atoms with Crippen LogP contribution in [-0.4, -0.2) is 15.3 Å². The molecular weight excluding hydrogens is 244 g/mol. The SMILES string of the molecule is Oc1cc2ccccc2[o+]c1-c1cccc(O)c1O. The summed E-state index contributed by atoms with van der Waals surface area (Å²) in [6.07, 6.45) is 0. The molecule has 0 aliphatic rings. The van der Waals surface area contributed by atoms with E-state index in [2.05, 4.69) is 0 Å². The first-order chi connectivity index (χ1) is 9.16. The average molecular weight is 255 g/mol. The molecule has 3 rings (SSSR count). The maximum Gasteiger partial charge on any atom is 0.405 e. The highest BCUT2D eigenvalue weighted by molar-refractivity contribution is 5.83. The summed E-state index contributed by atoms with van der Waals surface area (Å²) in [7, 11) is 0. The lowest BCUT2D eigenvalue weighted by molar-refractivity contribution is 0.402. The molecule has 0 aliphatic heterocycles. The van der Waals surface area contributed by atoms with E-state index in [-0.39, 0.29) is 28.6 Å². The van der Waals surface area contributed by atoms with Crippen molar-refractivity contribution in [2.24, 2.45) is 0 Å². The van der Waals surface area contributed by atoms with E-state index >= 15 is 0 Å². The highest BCUT2D eigenvalue weighted by atomic mass is 16.4. The van der Waals surface area contributed by atoms with Crippen LogP contribution in [-0.2, 0) is 0 Å². The van der Waals surface area contributed by atoms with E-state index in [4.69, 9.17) is 4.42 Å². The number of hydrogen-bond donors (Lipinski definition) is 3. The van der Waals surface area contributed by atoms with Crippen molar-refractivity contribution in [3.63, 3.8) is 0 Å². The minimum atomic E-state index is -0.322. The Bertz CT molecular complexity index is 765. The molecule has 4 heteroatoms. The predicted octanol–water partition coefficient (Wildman–Crippen LogP) is 3.50. The molecule has 1 heterocycles. The summed E-state index contributed by atoms with van der Waals surface area (Å²) in [5.41, 5.74) is 0.821. The van der Waals surface area contributed by atoms with E-state index in [9.17, 15) is 15.3 Å². The van der Waals surface area contributed by atoms with Crippen LogP contribution in [0.15, 0.2) is 52.9 Å². The predicted molar refractivity (Wildman–Crippen MR) is 71.1 cm³/mol. The normalized spacial score (nSPS) is 10.7. The maximum absolute atomic E-state index is 9.99. The summed E-state index contributed by atoms with van der Waals surface area (Å²) in [4.78, 5) is 0. The van der Waals surface area contributed by atoms with Crippen molar-refractivity contribution in [3.8, 4) is 28.6 Å². The quantitative estimate of drug-likeness (QED) is 0.459. The van der Waals surface area contributed by atoms with Gasteiger partial charge in [-0.2, -0.15) is 0 Å². The summed E-state index contributed by atoms with van der Waals surface area (Å²) in [5, 5.41) is 30.1. The molecule has 0 bridgehead atoms. The van der Waals surface area contributed by atoms with Crippen molar-refractivity contribution in [2.75, 3.05) is 0 Å². The first kappa shape index (κ1) is 11.3. The minimum Gasteiger partial charge on any atom is -0.504 e. The van der Waals surface area contributed by atoms with Crippen LogP contribution in [0.2, 0.25) is 0 Å². The molecule has 0 atom stereocenters. The van der Waals surface area contributed by atoms with Crippen LogP contribution in [0.4, 0.5) is 0 Å². The van der Waals surface area contributed by atoms with Crippen molar-refractivity contribution in [3.05, 3.63) is 48.5 Å². The molecule has 0 unspecified atom stereocenters. The lowest BCUT2D eigenvalue weighted by Gasteiger charge is -2.01. The van der Waals surface area contributed by atoms with Crippen molar-refractivity contribution >= 4 is 11.0 Å². The van der Waals surface area contributed by atoms with E-state index < -0.39 is 0 Å². The van der Waals surface area contributed by atoms with Gasteiger partial charge in [0.15, 0.2) is 11.5 Å². The number of fused-ring (bicyclic) bond motifs is 1. The second-order valence-corrected chi connectivity index (χ2v) is 4.17. The van der Waals surface area contributed by atoms with Gasteiger partial charge in [-0.15, -0.1) is 0 Å². The van der Waals surface area contributed by atoms with Crippen molar-refractivity contribution in [1.82, 2.24) is 0 Å². The van der Waals surface area contributed by atoms with Crippen molar-refractivity contribution < 1.29 is 19.7 Å². The summed E-state index contributed by atoms with van der Waals surface area (Å²) in [5.74, 6) is -0.566. The van der Waals surface area contributed by atoms with E-state index in [0.29, 0.717) is 5.58 Å². The Hall–Kier alpha value is -2.75. The van der Waals surface area contributed by atoms with E-state index in [1.165, 1.54) is 6.07 Å². The fraction of sp³-hybridized carbons (Fsp3) is 0. The molecule has 0 fully saturated rings. The van der Waals surface area contributed by atoms with Crippen LogP contribution in [0.1, 0.15) is 0 Å². The van der Waals surface area contributed by atoms with Gasteiger partial charge in [0, 0.05) is 12.1 Å². The van der Waals surface area contributed by atoms with Gasteiger partial charge in [0.2, 0.25) is 5.75 Å². The summed E-state index contributed by atoms with van der Waals surface area (Å²) in [6, 6.07) is 13.3. The Balaban J connectivity index is 2.30. The fourth-order valence-corrected chi connectivity index (χ4v) is 1.98. The maximum atomic E-state index is 9.99. The molecule has 2 aromatic carbocycles. The molecule has 19 heavy (non-hydrogen) atoms. The van der Waals surface area contributed by atoms with Crippen molar-refractivity contribution in [1.29, 1.82) is 0 Å². The second-order valence-electron chi connectivity index (χ2n) is 4.17. The average Bonchev–Trinajstić information content (AvgIpc) is 2.41. The van der Waals surface area contributed by atoms with Gasteiger partial charge in [-0.3, -0.25) is 0 Å².